The summed E-state index contributed by atoms with van der Waals surface area (Å²) < 4.78 is 23.2. The highest BCUT2D eigenvalue weighted by Gasteiger charge is 2.23. The molecule has 1 amide bonds. The Morgan fingerprint density at radius 2 is 1.05 bits per heavy atom. The molecule has 0 rings (SSSR count). The molecule has 8 nitrogen and oxygen atoms in total. The molecule has 0 aromatic carbocycles. The summed E-state index contributed by atoms with van der Waals surface area (Å²) in [6.07, 6.45) is 51.5. The number of rotatable bonds is 43. The van der Waals surface area contributed by atoms with Gasteiger partial charge in [-0.15, -0.1) is 0 Å². The third-order valence-electron chi connectivity index (χ3n) is 10.5. The molecule has 340 valence electrons. The number of aliphatic hydroxyl groups is 1. The number of nitrogens with zero attached hydrogens (tertiary/aromatic N) is 1. The number of aliphatic hydroxyl groups excluding tert-OH is 1. The van der Waals surface area contributed by atoms with E-state index in [0.29, 0.717) is 17.4 Å². The zero-order valence-corrected chi connectivity index (χ0v) is 39.4. The Balaban J connectivity index is 4.38. The van der Waals surface area contributed by atoms with Gasteiger partial charge in [0.2, 0.25) is 5.91 Å². The van der Waals surface area contributed by atoms with Crippen LogP contribution in [0.3, 0.4) is 0 Å². The van der Waals surface area contributed by atoms with Gasteiger partial charge in [0.25, 0.3) is 7.82 Å². The molecule has 0 fully saturated rings. The smallest absolute Gasteiger partial charge is 0.268 e. The van der Waals surface area contributed by atoms with Crippen molar-refractivity contribution >= 4 is 13.7 Å². The lowest BCUT2D eigenvalue weighted by atomic mass is 10.0. The van der Waals surface area contributed by atoms with Crippen LogP contribution in [0, 0.1) is 0 Å². The Morgan fingerprint density at radius 1 is 0.621 bits per heavy atom. The third kappa shape index (κ3) is 42.6. The number of nitrogens with one attached hydrogen (secondary N) is 1. The number of carbonyl (C=O) groups excluding carboxylic acids is 1. The molecule has 0 aliphatic rings. The van der Waals surface area contributed by atoms with E-state index in [9.17, 15) is 19.4 Å². The SMILES string of the molecule is CC/C=C\C/C=C\C/C=C\CCCCCCCCCC(=O)NC(COP(=O)([O-])OCC[N+](C)(C)C)C(O)/C=C/CCCCCCCCCCCCCCCCCCC. The molecule has 0 bridgehead atoms. The van der Waals surface area contributed by atoms with Gasteiger partial charge in [0.15, 0.2) is 0 Å². The van der Waals surface area contributed by atoms with Crippen molar-refractivity contribution in [1.82, 2.24) is 5.32 Å². The summed E-state index contributed by atoms with van der Waals surface area (Å²) in [5.74, 6) is -0.208. The van der Waals surface area contributed by atoms with Gasteiger partial charge in [-0.1, -0.05) is 197 Å². The third-order valence-corrected chi connectivity index (χ3v) is 11.5. The molecule has 0 aromatic heterocycles. The number of phosphoric acid groups is 1. The zero-order chi connectivity index (χ0) is 42.8. The van der Waals surface area contributed by atoms with Crippen LogP contribution in [0.5, 0.6) is 0 Å². The summed E-state index contributed by atoms with van der Waals surface area (Å²) in [4.78, 5) is 25.4. The Hall–Kier alpha value is -1.54. The first-order valence-corrected chi connectivity index (χ1v) is 25.5. The average Bonchev–Trinajstić information content (AvgIpc) is 3.17. The lowest BCUT2D eigenvalue weighted by molar-refractivity contribution is -0.870. The fourth-order valence-corrected chi connectivity index (χ4v) is 7.48. The van der Waals surface area contributed by atoms with E-state index in [0.717, 1.165) is 70.6 Å². The number of allylic oxidation sites excluding steroid dienone is 7. The molecule has 9 heteroatoms. The molecule has 0 aliphatic carbocycles. The number of quaternary nitrogens is 1. The van der Waals surface area contributed by atoms with E-state index in [1.165, 1.54) is 116 Å². The first-order chi connectivity index (χ1) is 28.0. The number of unbranched alkanes of at least 4 members (excludes halogenated alkanes) is 24. The first-order valence-electron chi connectivity index (χ1n) is 24.0. The van der Waals surface area contributed by atoms with Crippen LogP contribution in [0.15, 0.2) is 48.6 Å². The van der Waals surface area contributed by atoms with E-state index in [4.69, 9.17) is 9.05 Å². The summed E-state index contributed by atoms with van der Waals surface area (Å²) in [6, 6.07) is -0.892. The maximum Gasteiger partial charge on any atom is 0.268 e. The maximum absolute atomic E-state index is 12.9. The van der Waals surface area contributed by atoms with Crippen molar-refractivity contribution in [3.8, 4) is 0 Å². The number of hydrogen-bond acceptors (Lipinski definition) is 6. The maximum atomic E-state index is 12.9. The van der Waals surface area contributed by atoms with E-state index < -0.39 is 20.0 Å². The number of phosphoric ester groups is 1. The molecule has 0 heterocycles. The monoisotopic (exact) mass is 837 g/mol. The average molecular weight is 837 g/mol. The van der Waals surface area contributed by atoms with E-state index in [1.807, 2.05) is 27.2 Å². The molecule has 0 spiro atoms. The minimum atomic E-state index is -4.59. The summed E-state index contributed by atoms with van der Waals surface area (Å²) in [5, 5.41) is 13.8. The molecule has 3 unspecified atom stereocenters. The highest BCUT2D eigenvalue weighted by molar-refractivity contribution is 7.45. The second kappa shape index (κ2) is 40.8. The second-order valence-electron chi connectivity index (χ2n) is 17.4. The van der Waals surface area contributed by atoms with Crippen molar-refractivity contribution < 1.29 is 32.9 Å². The van der Waals surface area contributed by atoms with Gasteiger partial charge in [-0.3, -0.25) is 9.36 Å². The Kier molecular flexibility index (Phi) is 39.8. The summed E-state index contributed by atoms with van der Waals surface area (Å²) in [5.41, 5.74) is 0. The largest absolute Gasteiger partial charge is 0.756 e. The quantitative estimate of drug-likeness (QED) is 0.0274. The summed E-state index contributed by atoms with van der Waals surface area (Å²) >= 11 is 0. The molecule has 0 saturated heterocycles. The van der Waals surface area contributed by atoms with Crippen LogP contribution in [0.4, 0.5) is 0 Å². The van der Waals surface area contributed by atoms with Gasteiger partial charge < -0.3 is 28.8 Å². The normalized spacial score (nSPS) is 14.7. The van der Waals surface area contributed by atoms with Crippen LogP contribution in [-0.4, -0.2) is 68.5 Å². The van der Waals surface area contributed by atoms with Crippen molar-refractivity contribution in [1.29, 1.82) is 0 Å². The molecular weight excluding hydrogens is 744 g/mol. The fraction of sp³-hybridized carbons (Fsp3) is 0.816. The minimum absolute atomic E-state index is 0.00436. The Bertz CT molecular complexity index is 1090. The van der Waals surface area contributed by atoms with Crippen LogP contribution in [0.25, 0.3) is 0 Å². The number of likely N-dealkylation sites (N-methyl/N-ethyl adjacent to an activating group) is 1. The van der Waals surface area contributed by atoms with Crippen LogP contribution in [0.2, 0.25) is 0 Å². The lowest BCUT2D eigenvalue weighted by Gasteiger charge is -2.29. The molecule has 0 radical (unpaired) electrons. The van der Waals surface area contributed by atoms with E-state index in [1.54, 1.807) is 6.08 Å². The standard InChI is InChI=1S/C49H93N2O6P/c1-6-8-10-12-14-16-18-20-22-24-25-27-28-30-32-34-36-38-40-42-48(52)47(46-57-58(54,55)56-45-44-51(3,4)5)50-49(53)43-41-39-37-35-33-31-29-26-23-21-19-17-15-13-11-9-7-2/h9,11,15,17,21,23,40,42,47-48,52H,6-8,10,12-14,16,18-20,22,24-39,41,43-46H2,1-5H3,(H-,50,53,54,55)/b11-9-,17-15-,23-21-,42-40+. The van der Waals surface area contributed by atoms with Gasteiger partial charge in [0, 0.05) is 6.42 Å². The Labute approximate surface area is 359 Å². The minimum Gasteiger partial charge on any atom is -0.756 e. The predicted molar refractivity (Wildman–Crippen MR) is 247 cm³/mol. The van der Waals surface area contributed by atoms with E-state index in [2.05, 4.69) is 55.6 Å². The van der Waals surface area contributed by atoms with Crippen molar-refractivity contribution in [2.24, 2.45) is 0 Å². The first kappa shape index (κ1) is 56.5. The van der Waals surface area contributed by atoms with Gasteiger partial charge >= 0.3 is 0 Å². The highest BCUT2D eigenvalue weighted by atomic mass is 31.2. The highest BCUT2D eigenvalue weighted by Crippen LogP contribution is 2.38. The van der Waals surface area contributed by atoms with Gasteiger partial charge in [-0.2, -0.15) is 0 Å². The van der Waals surface area contributed by atoms with Gasteiger partial charge in [-0.05, 0) is 51.4 Å². The van der Waals surface area contributed by atoms with Crippen molar-refractivity contribution in [2.75, 3.05) is 40.9 Å². The predicted octanol–water partition coefficient (Wildman–Crippen LogP) is 13.0. The molecule has 0 saturated carbocycles. The van der Waals surface area contributed by atoms with Crippen molar-refractivity contribution in [2.45, 2.75) is 219 Å². The van der Waals surface area contributed by atoms with Crippen LogP contribution in [-0.2, 0) is 18.4 Å². The number of hydrogen-bond donors (Lipinski definition) is 2. The molecule has 0 aromatic rings. The summed E-state index contributed by atoms with van der Waals surface area (Å²) in [7, 11) is 1.25. The molecular formula is C49H93N2O6P. The molecule has 58 heavy (non-hydrogen) atoms. The van der Waals surface area contributed by atoms with Gasteiger partial charge in [0.05, 0.1) is 39.9 Å². The Morgan fingerprint density at radius 3 is 1.53 bits per heavy atom. The second-order valence-corrected chi connectivity index (χ2v) is 18.8. The lowest BCUT2D eigenvalue weighted by Crippen LogP contribution is -2.45. The zero-order valence-electron chi connectivity index (χ0n) is 38.5. The topological polar surface area (TPSA) is 108 Å². The molecule has 3 atom stereocenters. The molecule has 2 N–H and O–H groups in total. The van der Waals surface area contributed by atoms with E-state index in [-0.39, 0.29) is 19.1 Å². The van der Waals surface area contributed by atoms with Crippen molar-refractivity contribution in [3.05, 3.63) is 48.6 Å². The van der Waals surface area contributed by atoms with Crippen molar-refractivity contribution in [3.63, 3.8) is 0 Å². The van der Waals surface area contributed by atoms with Crippen LogP contribution >= 0.6 is 7.82 Å². The summed E-state index contributed by atoms with van der Waals surface area (Å²) in [6.45, 7) is 4.53. The number of carbonyl (C=O) groups is 1. The van der Waals surface area contributed by atoms with Crippen LogP contribution in [0.1, 0.15) is 206 Å². The fourth-order valence-electron chi connectivity index (χ4n) is 6.75. The van der Waals surface area contributed by atoms with Crippen LogP contribution < -0.4 is 10.2 Å². The van der Waals surface area contributed by atoms with Gasteiger partial charge in [-0.25, -0.2) is 0 Å². The number of amides is 1. The van der Waals surface area contributed by atoms with E-state index >= 15 is 0 Å². The molecule has 0 aliphatic heterocycles. The van der Waals surface area contributed by atoms with Gasteiger partial charge in [0.1, 0.15) is 13.2 Å².